The van der Waals surface area contributed by atoms with Crippen molar-refractivity contribution >= 4 is 17.3 Å². The minimum Gasteiger partial charge on any atom is -0.426 e. The summed E-state index contributed by atoms with van der Waals surface area (Å²) in [5, 5.41) is 2.67. The fourth-order valence-corrected chi connectivity index (χ4v) is 3.03. The summed E-state index contributed by atoms with van der Waals surface area (Å²) in [6, 6.07) is 13.3. The highest BCUT2D eigenvalue weighted by Gasteiger charge is 2.11. The number of hydrogen-bond acceptors (Lipinski definition) is 5. The molecule has 5 heteroatoms. The van der Waals surface area contributed by atoms with Gasteiger partial charge in [-0.3, -0.25) is 9.78 Å². The molecule has 4 nitrogen and oxygen atoms in total. The maximum atomic E-state index is 12.1. The number of thiazole rings is 1. The van der Waals surface area contributed by atoms with Crippen LogP contribution < -0.4 is 4.74 Å². The molecule has 3 aromatic rings. The molecule has 0 amide bonds. The van der Waals surface area contributed by atoms with E-state index in [1.807, 2.05) is 47.8 Å². The molecule has 0 unspecified atom stereocenters. The number of carbonyl (C=O) groups excluding carboxylic acids is 1. The number of benzene rings is 1. The first-order valence-electron chi connectivity index (χ1n) is 7.78. The van der Waals surface area contributed by atoms with Gasteiger partial charge in [0.05, 0.1) is 17.8 Å². The van der Waals surface area contributed by atoms with Crippen LogP contribution in [0.2, 0.25) is 0 Å². The van der Waals surface area contributed by atoms with Crippen LogP contribution in [-0.4, -0.2) is 15.9 Å². The molecule has 0 aliphatic rings. The van der Waals surface area contributed by atoms with Gasteiger partial charge in [0.1, 0.15) is 10.8 Å². The van der Waals surface area contributed by atoms with E-state index in [0.29, 0.717) is 17.4 Å². The van der Waals surface area contributed by atoms with Gasteiger partial charge in [-0.15, -0.1) is 11.3 Å². The first-order valence-corrected chi connectivity index (χ1v) is 8.66. The van der Waals surface area contributed by atoms with E-state index in [0.717, 1.165) is 10.7 Å². The second-order valence-electron chi connectivity index (χ2n) is 5.73. The number of aromatic nitrogens is 2. The lowest BCUT2D eigenvalue weighted by atomic mass is 10.0. The highest BCUT2D eigenvalue weighted by atomic mass is 32.1. The van der Waals surface area contributed by atoms with Gasteiger partial charge in [0.2, 0.25) is 0 Å². The number of rotatable bonds is 5. The third-order valence-corrected chi connectivity index (χ3v) is 4.45. The van der Waals surface area contributed by atoms with Crippen LogP contribution in [0.25, 0.3) is 10.7 Å². The molecule has 0 radical (unpaired) electrons. The minimum atomic E-state index is -0.315. The molecular formula is C19H18N2O2S. The predicted molar refractivity (Wildman–Crippen MR) is 95.2 cm³/mol. The minimum absolute atomic E-state index is 0.148. The van der Waals surface area contributed by atoms with Crippen molar-refractivity contribution in [2.75, 3.05) is 0 Å². The molecule has 3 rings (SSSR count). The largest absolute Gasteiger partial charge is 0.426 e. The number of pyridine rings is 1. The van der Waals surface area contributed by atoms with Crippen molar-refractivity contribution in [3.63, 3.8) is 0 Å². The van der Waals surface area contributed by atoms with Crippen LogP contribution in [0.3, 0.4) is 0 Å². The number of hydrogen-bond donors (Lipinski definition) is 0. The Hall–Kier alpha value is -2.53. The number of carbonyl (C=O) groups is 1. The molecule has 0 saturated carbocycles. The Morgan fingerprint density at radius 1 is 1.17 bits per heavy atom. The van der Waals surface area contributed by atoms with Crippen LogP contribution in [0.1, 0.15) is 31.0 Å². The molecule has 24 heavy (non-hydrogen) atoms. The second kappa shape index (κ2) is 7.36. The van der Waals surface area contributed by atoms with E-state index < -0.39 is 0 Å². The first-order chi connectivity index (χ1) is 11.6. The zero-order chi connectivity index (χ0) is 16.9. The summed E-state index contributed by atoms with van der Waals surface area (Å²) < 4.78 is 5.38. The van der Waals surface area contributed by atoms with E-state index in [-0.39, 0.29) is 12.4 Å². The molecule has 0 aliphatic carbocycles. The fourth-order valence-electron chi connectivity index (χ4n) is 2.23. The van der Waals surface area contributed by atoms with Gasteiger partial charge < -0.3 is 4.74 Å². The summed E-state index contributed by atoms with van der Waals surface area (Å²) in [4.78, 5) is 20.8. The summed E-state index contributed by atoms with van der Waals surface area (Å²) in [7, 11) is 0. The van der Waals surface area contributed by atoms with E-state index >= 15 is 0 Å². The van der Waals surface area contributed by atoms with Crippen LogP contribution >= 0.6 is 11.3 Å². The van der Waals surface area contributed by atoms with Crippen molar-refractivity contribution < 1.29 is 9.53 Å². The normalized spacial score (nSPS) is 10.8. The van der Waals surface area contributed by atoms with Gasteiger partial charge in [-0.05, 0) is 35.7 Å². The zero-order valence-corrected chi connectivity index (χ0v) is 14.4. The van der Waals surface area contributed by atoms with Crippen LogP contribution in [0.15, 0.2) is 54.0 Å². The number of esters is 1. The van der Waals surface area contributed by atoms with E-state index in [1.165, 1.54) is 16.9 Å². The van der Waals surface area contributed by atoms with Crippen LogP contribution in [0.5, 0.6) is 5.75 Å². The average molecular weight is 338 g/mol. The van der Waals surface area contributed by atoms with Gasteiger partial charge in [0.25, 0.3) is 0 Å². The number of ether oxygens (including phenoxy) is 1. The van der Waals surface area contributed by atoms with Crippen molar-refractivity contribution in [2.45, 2.75) is 26.2 Å². The van der Waals surface area contributed by atoms with Gasteiger partial charge >= 0.3 is 5.97 Å². The SMILES string of the molecule is CC(C)c1ccc(OC(=O)Cc2csc(-c3ccccn3)n2)cc1. The molecule has 0 atom stereocenters. The standard InChI is InChI=1S/C19H18N2O2S/c1-13(2)14-6-8-16(9-7-14)23-18(22)11-15-12-24-19(21-15)17-5-3-4-10-20-17/h3-10,12-13H,11H2,1-2H3. The third kappa shape index (κ3) is 4.06. The quantitative estimate of drug-likeness (QED) is 0.508. The maximum absolute atomic E-state index is 12.1. The molecule has 0 N–H and O–H groups in total. The second-order valence-corrected chi connectivity index (χ2v) is 6.59. The number of nitrogens with zero attached hydrogens (tertiary/aromatic N) is 2. The van der Waals surface area contributed by atoms with E-state index in [4.69, 9.17) is 4.74 Å². The van der Waals surface area contributed by atoms with Gasteiger partial charge in [-0.25, -0.2) is 4.98 Å². The zero-order valence-electron chi connectivity index (χ0n) is 13.6. The summed E-state index contributed by atoms with van der Waals surface area (Å²) in [6.07, 6.45) is 1.88. The average Bonchev–Trinajstić information content (AvgIpc) is 3.04. The highest BCUT2D eigenvalue weighted by molar-refractivity contribution is 7.13. The Kier molecular flexibility index (Phi) is 5.01. The van der Waals surface area contributed by atoms with Crippen LogP contribution in [0, 0.1) is 0 Å². The molecule has 0 spiro atoms. The first kappa shape index (κ1) is 16.3. The predicted octanol–water partition coefficient (Wildman–Crippen LogP) is 4.48. The van der Waals surface area contributed by atoms with Crippen molar-refractivity contribution in [3.8, 4) is 16.5 Å². The molecule has 2 heterocycles. The lowest BCUT2D eigenvalue weighted by Gasteiger charge is -2.07. The Labute approximate surface area is 145 Å². The summed E-state index contributed by atoms with van der Waals surface area (Å²) >= 11 is 1.47. The monoisotopic (exact) mass is 338 g/mol. The Bertz CT molecular complexity index is 811. The smallest absolute Gasteiger partial charge is 0.317 e. The summed E-state index contributed by atoms with van der Waals surface area (Å²) in [5.41, 5.74) is 2.73. The molecule has 0 aliphatic heterocycles. The Balaban J connectivity index is 1.62. The van der Waals surface area contributed by atoms with Crippen LogP contribution in [-0.2, 0) is 11.2 Å². The molecule has 2 aromatic heterocycles. The van der Waals surface area contributed by atoms with Crippen molar-refractivity contribution in [2.24, 2.45) is 0 Å². The van der Waals surface area contributed by atoms with E-state index in [2.05, 4.69) is 23.8 Å². The topological polar surface area (TPSA) is 52.1 Å². The Morgan fingerprint density at radius 3 is 2.62 bits per heavy atom. The molecular weight excluding hydrogens is 320 g/mol. The molecule has 1 aromatic carbocycles. The van der Waals surface area contributed by atoms with Gasteiger partial charge in [-0.1, -0.05) is 32.0 Å². The van der Waals surface area contributed by atoms with Crippen LogP contribution in [0.4, 0.5) is 0 Å². The lowest BCUT2D eigenvalue weighted by Crippen LogP contribution is -2.11. The van der Waals surface area contributed by atoms with Crippen molar-refractivity contribution in [1.82, 2.24) is 9.97 Å². The van der Waals surface area contributed by atoms with Crippen molar-refractivity contribution in [1.29, 1.82) is 0 Å². The van der Waals surface area contributed by atoms with Gasteiger partial charge in [0, 0.05) is 11.6 Å². The van der Waals surface area contributed by atoms with Crippen molar-refractivity contribution in [3.05, 3.63) is 65.3 Å². The molecule has 0 bridgehead atoms. The molecule has 122 valence electrons. The highest BCUT2D eigenvalue weighted by Crippen LogP contribution is 2.22. The summed E-state index contributed by atoms with van der Waals surface area (Å²) in [5.74, 6) is 0.699. The molecule has 0 saturated heterocycles. The summed E-state index contributed by atoms with van der Waals surface area (Å²) in [6.45, 7) is 4.25. The third-order valence-electron chi connectivity index (χ3n) is 3.54. The van der Waals surface area contributed by atoms with E-state index in [9.17, 15) is 4.79 Å². The van der Waals surface area contributed by atoms with E-state index in [1.54, 1.807) is 6.20 Å². The maximum Gasteiger partial charge on any atom is 0.317 e. The van der Waals surface area contributed by atoms with Gasteiger partial charge in [-0.2, -0.15) is 0 Å². The Morgan fingerprint density at radius 2 is 1.96 bits per heavy atom. The van der Waals surface area contributed by atoms with Gasteiger partial charge in [0.15, 0.2) is 0 Å². The fraction of sp³-hybridized carbons (Fsp3) is 0.211. The lowest BCUT2D eigenvalue weighted by molar-refractivity contribution is -0.133. The molecule has 0 fully saturated rings.